The minimum Gasteiger partial charge on any atom is -0.478 e. The normalized spacial score (nSPS) is 17.2. The molecule has 0 spiro atoms. The highest BCUT2D eigenvalue weighted by molar-refractivity contribution is 5.87. The zero-order chi connectivity index (χ0) is 14.4. The van der Waals surface area contributed by atoms with Crippen molar-refractivity contribution in [3.8, 4) is 0 Å². The van der Waals surface area contributed by atoms with E-state index in [1.807, 2.05) is 12.1 Å². The smallest absolute Gasteiger partial charge is 0.335 e. The van der Waals surface area contributed by atoms with Crippen molar-refractivity contribution in [1.29, 1.82) is 0 Å². The third kappa shape index (κ3) is 4.32. The second-order valence-corrected chi connectivity index (χ2v) is 5.51. The molecular weight excluding hydrogens is 252 g/mol. The maximum Gasteiger partial charge on any atom is 0.335 e. The molecule has 1 fully saturated rings. The summed E-state index contributed by atoms with van der Waals surface area (Å²) < 4.78 is 0. The van der Waals surface area contributed by atoms with Crippen LogP contribution in [0.2, 0.25) is 0 Å². The Bertz CT molecular complexity index is 423. The third-order valence-electron chi connectivity index (χ3n) is 4.12. The van der Waals surface area contributed by atoms with E-state index in [4.69, 9.17) is 5.11 Å². The van der Waals surface area contributed by atoms with Crippen molar-refractivity contribution in [1.82, 2.24) is 10.2 Å². The van der Waals surface area contributed by atoms with Gasteiger partial charge in [-0.25, -0.2) is 4.79 Å². The second-order valence-electron chi connectivity index (χ2n) is 5.51. The number of carboxylic acids is 1. The lowest BCUT2D eigenvalue weighted by Crippen LogP contribution is -2.36. The lowest BCUT2D eigenvalue weighted by Gasteiger charge is -2.31. The number of carboxylic acid groups (broad SMARTS) is 1. The molecule has 1 aliphatic rings. The van der Waals surface area contributed by atoms with Gasteiger partial charge in [-0.3, -0.25) is 0 Å². The first-order valence-electron chi connectivity index (χ1n) is 7.44. The van der Waals surface area contributed by atoms with E-state index in [-0.39, 0.29) is 0 Å². The van der Waals surface area contributed by atoms with Crippen molar-refractivity contribution in [2.24, 2.45) is 5.92 Å². The zero-order valence-corrected chi connectivity index (χ0v) is 12.1. The lowest BCUT2D eigenvalue weighted by atomic mass is 9.97. The van der Waals surface area contributed by atoms with Crippen molar-refractivity contribution in [3.63, 3.8) is 0 Å². The molecule has 0 unspecified atom stereocenters. The van der Waals surface area contributed by atoms with E-state index in [1.54, 1.807) is 12.1 Å². The number of benzene rings is 1. The van der Waals surface area contributed by atoms with Crippen LogP contribution in [0.25, 0.3) is 0 Å². The molecule has 0 aliphatic carbocycles. The molecule has 2 rings (SSSR count). The monoisotopic (exact) mass is 276 g/mol. The molecule has 0 atom stereocenters. The van der Waals surface area contributed by atoms with Crippen LogP contribution in [0.5, 0.6) is 0 Å². The zero-order valence-electron chi connectivity index (χ0n) is 12.1. The average Bonchev–Trinajstić information content (AvgIpc) is 2.48. The highest BCUT2D eigenvalue weighted by Gasteiger charge is 2.17. The quantitative estimate of drug-likeness (QED) is 0.836. The fourth-order valence-corrected chi connectivity index (χ4v) is 2.69. The predicted octanol–water partition coefficient (Wildman–Crippen LogP) is 2.21. The molecule has 0 aromatic heterocycles. The minimum atomic E-state index is -0.868. The third-order valence-corrected chi connectivity index (χ3v) is 4.12. The van der Waals surface area contributed by atoms with E-state index in [0.29, 0.717) is 5.56 Å². The first kappa shape index (κ1) is 15.0. The molecule has 110 valence electrons. The Kier molecular flexibility index (Phi) is 5.56. The van der Waals surface area contributed by atoms with Gasteiger partial charge in [0.2, 0.25) is 0 Å². The maximum absolute atomic E-state index is 10.8. The Hall–Kier alpha value is -1.39. The van der Waals surface area contributed by atoms with Gasteiger partial charge in [-0.15, -0.1) is 0 Å². The fraction of sp³-hybridized carbons (Fsp3) is 0.562. The van der Waals surface area contributed by atoms with Gasteiger partial charge < -0.3 is 15.3 Å². The summed E-state index contributed by atoms with van der Waals surface area (Å²) in [6.07, 6.45) is 2.55. The van der Waals surface area contributed by atoms with E-state index in [0.717, 1.165) is 31.1 Å². The molecule has 0 amide bonds. The topological polar surface area (TPSA) is 52.6 Å². The van der Waals surface area contributed by atoms with E-state index >= 15 is 0 Å². The van der Waals surface area contributed by atoms with Gasteiger partial charge in [0.25, 0.3) is 0 Å². The number of piperidine rings is 1. The van der Waals surface area contributed by atoms with Crippen molar-refractivity contribution in [2.75, 3.05) is 26.2 Å². The number of nitrogens with zero attached hydrogens (tertiary/aromatic N) is 1. The molecule has 1 heterocycles. The highest BCUT2D eigenvalue weighted by atomic mass is 16.4. The van der Waals surface area contributed by atoms with Crippen LogP contribution in [0.1, 0.15) is 35.7 Å². The first-order chi connectivity index (χ1) is 9.69. The van der Waals surface area contributed by atoms with Gasteiger partial charge in [0.05, 0.1) is 5.56 Å². The fourth-order valence-electron chi connectivity index (χ4n) is 2.69. The van der Waals surface area contributed by atoms with Gasteiger partial charge in [0, 0.05) is 6.54 Å². The van der Waals surface area contributed by atoms with Gasteiger partial charge in [-0.2, -0.15) is 0 Å². The summed E-state index contributed by atoms with van der Waals surface area (Å²) in [6, 6.07) is 7.10. The van der Waals surface area contributed by atoms with Crippen LogP contribution in [-0.4, -0.2) is 42.2 Å². The number of rotatable bonds is 6. The molecule has 0 bridgehead atoms. The Morgan fingerprint density at radius 3 is 2.50 bits per heavy atom. The van der Waals surface area contributed by atoms with Crippen LogP contribution in [0.3, 0.4) is 0 Å². The maximum atomic E-state index is 10.8. The summed E-state index contributed by atoms with van der Waals surface area (Å²) in [4.78, 5) is 13.3. The summed E-state index contributed by atoms with van der Waals surface area (Å²) in [5.74, 6) is -0.0942. The number of hydrogen-bond donors (Lipinski definition) is 2. The molecular formula is C16H24N2O2. The van der Waals surface area contributed by atoms with Gasteiger partial charge in [-0.05, 0) is 62.6 Å². The average molecular weight is 276 g/mol. The molecule has 1 aromatic rings. The Balaban J connectivity index is 1.69. The van der Waals surface area contributed by atoms with Gasteiger partial charge in [0.15, 0.2) is 0 Å². The molecule has 4 heteroatoms. The van der Waals surface area contributed by atoms with E-state index in [9.17, 15) is 4.79 Å². The van der Waals surface area contributed by atoms with Crippen LogP contribution in [0.4, 0.5) is 0 Å². The summed E-state index contributed by atoms with van der Waals surface area (Å²) in [5, 5.41) is 12.3. The van der Waals surface area contributed by atoms with Crippen molar-refractivity contribution in [3.05, 3.63) is 35.4 Å². The van der Waals surface area contributed by atoms with Crippen LogP contribution < -0.4 is 5.32 Å². The van der Waals surface area contributed by atoms with Crippen LogP contribution in [-0.2, 0) is 6.54 Å². The number of hydrogen-bond acceptors (Lipinski definition) is 3. The summed E-state index contributed by atoms with van der Waals surface area (Å²) in [7, 11) is 0. The van der Waals surface area contributed by atoms with E-state index < -0.39 is 5.97 Å². The number of aromatic carboxylic acids is 1. The van der Waals surface area contributed by atoms with Crippen LogP contribution in [0, 0.1) is 5.92 Å². The molecule has 0 radical (unpaired) electrons. The van der Waals surface area contributed by atoms with Crippen LogP contribution >= 0.6 is 0 Å². The summed E-state index contributed by atoms with van der Waals surface area (Å²) in [6.45, 7) is 7.69. The molecule has 1 saturated heterocycles. The molecule has 20 heavy (non-hydrogen) atoms. The minimum absolute atomic E-state index is 0.348. The largest absolute Gasteiger partial charge is 0.478 e. The highest BCUT2D eigenvalue weighted by Crippen LogP contribution is 2.16. The molecule has 1 aliphatic heterocycles. The van der Waals surface area contributed by atoms with E-state index in [2.05, 4.69) is 17.1 Å². The molecule has 1 aromatic carbocycles. The van der Waals surface area contributed by atoms with Gasteiger partial charge in [0.1, 0.15) is 0 Å². The lowest BCUT2D eigenvalue weighted by molar-refractivity contribution is 0.0697. The molecule has 4 nitrogen and oxygen atoms in total. The van der Waals surface area contributed by atoms with Crippen molar-refractivity contribution in [2.45, 2.75) is 26.3 Å². The predicted molar refractivity (Wildman–Crippen MR) is 79.9 cm³/mol. The van der Waals surface area contributed by atoms with Gasteiger partial charge >= 0.3 is 5.97 Å². The first-order valence-corrected chi connectivity index (χ1v) is 7.44. The molecule has 0 saturated carbocycles. The van der Waals surface area contributed by atoms with E-state index in [1.165, 1.54) is 25.9 Å². The Morgan fingerprint density at radius 2 is 1.95 bits per heavy atom. The number of likely N-dealkylation sites (tertiary alicyclic amines) is 1. The summed E-state index contributed by atoms with van der Waals surface area (Å²) >= 11 is 0. The van der Waals surface area contributed by atoms with Crippen molar-refractivity contribution < 1.29 is 9.90 Å². The Labute approximate surface area is 120 Å². The Morgan fingerprint density at radius 1 is 1.30 bits per heavy atom. The standard InChI is InChI=1S/C16H24N2O2/c1-2-18-9-7-14(8-10-18)12-17-11-13-3-5-15(6-4-13)16(19)20/h3-6,14,17H,2,7-12H2,1H3,(H,19,20). The van der Waals surface area contributed by atoms with Crippen LogP contribution in [0.15, 0.2) is 24.3 Å². The van der Waals surface area contributed by atoms with Gasteiger partial charge in [-0.1, -0.05) is 19.1 Å². The summed E-state index contributed by atoms with van der Waals surface area (Å²) in [5.41, 5.74) is 1.49. The van der Waals surface area contributed by atoms with Crippen molar-refractivity contribution >= 4 is 5.97 Å². The SMILES string of the molecule is CCN1CCC(CNCc2ccc(C(=O)O)cc2)CC1. The number of nitrogens with one attached hydrogen (secondary N) is 1. The molecule has 2 N–H and O–H groups in total. The number of carbonyl (C=O) groups is 1. The second kappa shape index (κ2) is 7.41.